The second-order valence-corrected chi connectivity index (χ2v) is 15.2. The maximum absolute atomic E-state index is 13.7. The Balaban J connectivity index is 1.92. The summed E-state index contributed by atoms with van der Waals surface area (Å²) in [7, 11) is 1.48. The number of carbonyl (C=O) groups is 5. The van der Waals surface area contributed by atoms with Crippen molar-refractivity contribution in [3.8, 4) is 5.75 Å². The number of alkyl halides is 1. The number of aliphatic hydroxyl groups excluding tert-OH is 1. The van der Waals surface area contributed by atoms with Crippen LogP contribution in [0.3, 0.4) is 0 Å². The summed E-state index contributed by atoms with van der Waals surface area (Å²) in [6.07, 6.45) is -0.713. The summed E-state index contributed by atoms with van der Waals surface area (Å²) >= 11 is 13.1. The molecule has 0 bridgehead atoms. The van der Waals surface area contributed by atoms with Crippen LogP contribution in [0.1, 0.15) is 69.5 Å². The molecule has 1 aliphatic heterocycles. The smallest absolute Gasteiger partial charge is 0.347 e. The van der Waals surface area contributed by atoms with E-state index >= 15 is 0 Å². The first-order chi connectivity index (χ1) is 25.4. The van der Waals surface area contributed by atoms with Crippen LogP contribution in [0.4, 0.5) is 0 Å². The van der Waals surface area contributed by atoms with E-state index in [2.05, 4.69) is 10.6 Å². The molecular formula is C39H51Cl2N3O10. The van der Waals surface area contributed by atoms with Gasteiger partial charge in [-0.2, -0.15) is 0 Å². The van der Waals surface area contributed by atoms with Gasteiger partial charge in [-0.15, -0.1) is 11.6 Å². The van der Waals surface area contributed by atoms with Crippen molar-refractivity contribution in [2.75, 3.05) is 20.2 Å². The number of hydrogen-bond acceptors (Lipinski definition) is 11. The third-order valence-corrected chi connectivity index (χ3v) is 9.74. The molecule has 0 aromatic heterocycles. The van der Waals surface area contributed by atoms with Gasteiger partial charge in [0.2, 0.25) is 11.8 Å². The Morgan fingerprint density at radius 2 is 1.72 bits per heavy atom. The van der Waals surface area contributed by atoms with Crippen molar-refractivity contribution < 1.29 is 48.0 Å². The summed E-state index contributed by atoms with van der Waals surface area (Å²) in [5, 5.41) is 16.3. The number of amides is 2. The van der Waals surface area contributed by atoms with Gasteiger partial charge in [0.25, 0.3) is 0 Å². The Bertz CT molecular complexity index is 1650. The van der Waals surface area contributed by atoms with Gasteiger partial charge < -0.3 is 40.4 Å². The number of carbonyl (C=O) groups excluding carboxylic acids is 5. The maximum Gasteiger partial charge on any atom is 0.347 e. The van der Waals surface area contributed by atoms with Crippen molar-refractivity contribution in [2.45, 2.75) is 90.2 Å². The van der Waals surface area contributed by atoms with Crippen molar-refractivity contribution in [3.05, 3.63) is 76.3 Å². The Labute approximate surface area is 326 Å². The van der Waals surface area contributed by atoms with Gasteiger partial charge in [-0.05, 0) is 61.1 Å². The zero-order valence-electron chi connectivity index (χ0n) is 31.4. The van der Waals surface area contributed by atoms with Gasteiger partial charge in [0.15, 0.2) is 6.10 Å². The Morgan fingerprint density at radius 3 is 2.33 bits per heavy atom. The molecule has 5 N–H and O–H groups in total. The lowest BCUT2D eigenvalue weighted by atomic mass is 9.90. The molecule has 296 valence electrons. The molecule has 1 heterocycles. The summed E-state index contributed by atoms with van der Waals surface area (Å²) in [6, 6.07) is 10.7. The van der Waals surface area contributed by atoms with Crippen LogP contribution < -0.4 is 21.1 Å². The molecule has 13 nitrogen and oxygen atoms in total. The van der Waals surface area contributed by atoms with Crippen LogP contribution in [0.25, 0.3) is 0 Å². The minimum atomic E-state index is -1.29. The molecule has 0 fully saturated rings. The number of rotatable bonds is 12. The average molecular weight is 793 g/mol. The van der Waals surface area contributed by atoms with Crippen molar-refractivity contribution in [2.24, 2.45) is 23.0 Å². The number of nitrogens with two attached hydrogens (primary N) is 1. The standard InChI is InChI=1S/C39H51Cl2N3O10/c1-22(2)16-31-37(49)53-29(23(3)35(47)34(41)26-13-10-24(11-14-26)20-52-33(46)19-42)8-7-9-32(45)44-28(18-25-12-15-30(51-6)27(40)17-25)36(48)43-21-39(4,5)38(50)54-31/h7,9-15,17,22-23,28-29,31,34-35,47H,8,16,18-21,42H2,1-6H3,(H,43,48)(H,44,45)/b9-7+/t23-,28+,29-,31-,34-,35+/m0/s1. The van der Waals surface area contributed by atoms with Gasteiger partial charge in [-0.1, -0.05) is 68.8 Å². The van der Waals surface area contributed by atoms with Crippen molar-refractivity contribution >= 4 is 52.9 Å². The van der Waals surface area contributed by atoms with Crippen LogP contribution in [0.15, 0.2) is 54.6 Å². The summed E-state index contributed by atoms with van der Waals surface area (Å²) in [5.41, 5.74) is 5.89. The molecule has 0 saturated carbocycles. The monoisotopic (exact) mass is 791 g/mol. The number of hydrogen-bond donors (Lipinski definition) is 4. The fourth-order valence-corrected chi connectivity index (χ4v) is 6.18. The van der Waals surface area contributed by atoms with E-state index < -0.39 is 70.8 Å². The molecule has 6 atom stereocenters. The van der Waals surface area contributed by atoms with Gasteiger partial charge in [-0.3, -0.25) is 19.2 Å². The number of esters is 3. The Hall–Kier alpha value is -4.17. The average Bonchev–Trinajstić information content (AvgIpc) is 3.13. The molecule has 2 amide bonds. The molecule has 54 heavy (non-hydrogen) atoms. The highest BCUT2D eigenvalue weighted by Gasteiger charge is 2.38. The molecule has 0 unspecified atom stereocenters. The molecule has 0 radical (unpaired) electrons. The first-order valence-electron chi connectivity index (χ1n) is 17.7. The molecular weight excluding hydrogens is 741 g/mol. The van der Waals surface area contributed by atoms with Crippen LogP contribution in [-0.2, 0) is 51.2 Å². The predicted octanol–water partition coefficient (Wildman–Crippen LogP) is 4.33. The molecule has 0 aliphatic carbocycles. The minimum absolute atomic E-state index is 0.0146. The fraction of sp³-hybridized carbons (Fsp3) is 0.513. The fourth-order valence-electron chi connectivity index (χ4n) is 5.52. The number of benzene rings is 2. The lowest BCUT2D eigenvalue weighted by molar-refractivity contribution is -0.180. The van der Waals surface area contributed by atoms with Crippen LogP contribution in [0.2, 0.25) is 5.02 Å². The van der Waals surface area contributed by atoms with Crippen LogP contribution in [-0.4, -0.2) is 79.4 Å². The van der Waals surface area contributed by atoms with E-state index in [4.69, 9.17) is 47.9 Å². The number of ether oxygens (including phenoxy) is 4. The molecule has 15 heteroatoms. The third kappa shape index (κ3) is 13.0. The topological polar surface area (TPSA) is 193 Å². The highest BCUT2D eigenvalue weighted by molar-refractivity contribution is 6.32. The molecule has 0 spiro atoms. The maximum atomic E-state index is 13.7. The Morgan fingerprint density at radius 1 is 1.06 bits per heavy atom. The summed E-state index contributed by atoms with van der Waals surface area (Å²) in [6.45, 7) is 8.11. The highest BCUT2D eigenvalue weighted by atomic mass is 35.5. The zero-order chi connectivity index (χ0) is 40.2. The van der Waals surface area contributed by atoms with E-state index in [1.165, 1.54) is 19.3 Å². The van der Waals surface area contributed by atoms with E-state index in [1.54, 1.807) is 63.2 Å². The number of aliphatic hydroxyl groups is 1. The number of halogens is 2. The van der Waals surface area contributed by atoms with E-state index in [0.29, 0.717) is 27.5 Å². The normalized spacial score (nSPS) is 22.2. The Kier molecular flexibility index (Phi) is 16.8. The lowest BCUT2D eigenvalue weighted by Crippen LogP contribution is -2.51. The number of cyclic esters (lactones) is 2. The zero-order valence-corrected chi connectivity index (χ0v) is 32.9. The number of nitrogens with one attached hydrogen (secondary N) is 2. The second-order valence-electron chi connectivity index (χ2n) is 14.3. The molecule has 2 aromatic rings. The van der Waals surface area contributed by atoms with Gasteiger partial charge in [-0.25, -0.2) is 4.79 Å². The largest absolute Gasteiger partial charge is 0.495 e. The summed E-state index contributed by atoms with van der Waals surface area (Å²) < 4.78 is 22.0. The van der Waals surface area contributed by atoms with Gasteiger partial charge >= 0.3 is 17.9 Å². The SMILES string of the molecule is COc1ccc(C[C@H]2NC(=O)/C=C/C[C@@H]([C@H](C)[C@@H](O)[C@@H](Cl)c3ccc(COC(=O)CN)cc3)OC(=O)[C@H](CC(C)C)OC(=O)C(C)(C)CNC2=O)cc1Cl. The molecule has 1 aliphatic rings. The van der Waals surface area contributed by atoms with E-state index in [0.717, 1.165) is 0 Å². The van der Waals surface area contributed by atoms with Crippen LogP contribution in [0.5, 0.6) is 5.75 Å². The first kappa shape index (κ1) is 44.2. The summed E-state index contributed by atoms with van der Waals surface area (Å²) in [4.78, 5) is 65.4. The van der Waals surface area contributed by atoms with Gasteiger partial charge in [0.05, 0.1) is 35.6 Å². The third-order valence-electron chi connectivity index (χ3n) is 8.94. The van der Waals surface area contributed by atoms with Gasteiger partial charge in [0.1, 0.15) is 24.5 Å². The second kappa shape index (κ2) is 20.5. The van der Waals surface area contributed by atoms with Crippen LogP contribution in [0, 0.1) is 17.3 Å². The molecule has 0 saturated heterocycles. The quantitative estimate of drug-likeness (QED) is 0.136. The first-order valence-corrected chi connectivity index (χ1v) is 18.5. The highest BCUT2D eigenvalue weighted by Crippen LogP contribution is 2.33. The number of methoxy groups -OCH3 is 1. The predicted molar refractivity (Wildman–Crippen MR) is 202 cm³/mol. The summed E-state index contributed by atoms with van der Waals surface area (Å²) in [5.74, 6) is -3.70. The van der Waals surface area contributed by atoms with E-state index in [1.807, 2.05) is 13.8 Å². The van der Waals surface area contributed by atoms with Crippen LogP contribution >= 0.6 is 23.2 Å². The van der Waals surface area contributed by atoms with Crippen molar-refractivity contribution in [3.63, 3.8) is 0 Å². The molecule has 3 rings (SSSR count). The molecule has 2 aromatic carbocycles. The van der Waals surface area contributed by atoms with Gasteiger partial charge in [0, 0.05) is 25.3 Å². The van der Waals surface area contributed by atoms with E-state index in [9.17, 15) is 29.1 Å². The lowest BCUT2D eigenvalue weighted by Gasteiger charge is -2.32. The minimum Gasteiger partial charge on any atom is -0.495 e. The van der Waals surface area contributed by atoms with E-state index in [-0.39, 0.29) is 44.9 Å². The van der Waals surface area contributed by atoms with Crippen molar-refractivity contribution in [1.82, 2.24) is 10.6 Å². The van der Waals surface area contributed by atoms with Crippen molar-refractivity contribution in [1.29, 1.82) is 0 Å².